The number of phenols is 2. The second-order valence-corrected chi connectivity index (χ2v) is 5.39. The highest BCUT2D eigenvalue weighted by Gasteiger charge is 2.24. The predicted octanol–water partition coefficient (Wildman–Crippen LogP) is 0.132. The fourth-order valence-electron chi connectivity index (χ4n) is 2.56. The molecule has 1 heterocycles. The number of phenolic OH excluding ortho intramolecular Hbond substituents is 2. The third-order valence-electron chi connectivity index (χ3n) is 3.94. The Balaban J connectivity index is 1.92. The maximum Gasteiger partial charge on any atom is 0.239 e. The zero-order chi connectivity index (χ0) is 15.4. The van der Waals surface area contributed by atoms with Gasteiger partial charge in [-0.05, 0) is 30.7 Å². The van der Waals surface area contributed by atoms with E-state index in [1.807, 2.05) is 0 Å². The highest BCUT2D eigenvalue weighted by atomic mass is 16.3. The second kappa shape index (κ2) is 6.78. The van der Waals surface area contributed by atoms with Gasteiger partial charge >= 0.3 is 0 Å². The summed E-state index contributed by atoms with van der Waals surface area (Å²) >= 11 is 0. The number of amides is 1. The summed E-state index contributed by atoms with van der Waals surface area (Å²) in [7, 11) is 0. The molecular weight excluding hydrogens is 270 g/mol. The molecule has 116 valence electrons. The van der Waals surface area contributed by atoms with Gasteiger partial charge in [0.2, 0.25) is 5.91 Å². The van der Waals surface area contributed by atoms with Gasteiger partial charge < -0.3 is 25.7 Å². The van der Waals surface area contributed by atoms with Gasteiger partial charge in [0, 0.05) is 26.2 Å². The van der Waals surface area contributed by atoms with Gasteiger partial charge in [-0.3, -0.25) is 4.79 Å². The highest BCUT2D eigenvalue weighted by molar-refractivity contribution is 5.82. The van der Waals surface area contributed by atoms with Gasteiger partial charge in [-0.15, -0.1) is 0 Å². The summed E-state index contributed by atoms with van der Waals surface area (Å²) in [6.07, 6.45) is 0.348. The van der Waals surface area contributed by atoms with Gasteiger partial charge in [0.15, 0.2) is 11.5 Å². The monoisotopic (exact) mass is 293 g/mol. The number of piperazine rings is 1. The fraction of sp³-hybridized carbons (Fsp3) is 0.533. The zero-order valence-corrected chi connectivity index (χ0v) is 12.3. The lowest BCUT2D eigenvalue weighted by atomic mass is 10.0. The minimum Gasteiger partial charge on any atom is -0.504 e. The number of likely N-dealkylation sites (N-methyl/N-ethyl adjacent to an activating group) is 1. The first-order valence-electron chi connectivity index (χ1n) is 7.29. The van der Waals surface area contributed by atoms with Crippen molar-refractivity contribution in [3.05, 3.63) is 23.8 Å². The average molecular weight is 293 g/mol. The topological polar surface area (TPSA) is 90.0 Å². The Morgan fingerprint density at radius 2 is 1.90 bits per heavy atom. The lowest BCUT2D eigenvalue weighted by molar-refractivity contribution is -0.134. The number of benzene rings is 1. The fourth-order valence-corrected chi connectivity index (χ4v) is 2.56. The minimum absolute atomic E-state index is 0.0571. The molecule has 6 heteroatoms. The van der Waals surface area contributed by atoms with Crippen molar-refractivity contribution in [2.24, 2.45) is 5.73 Å². The molecule has 21 heavy (non-hydrogen) atoms. The molecule has 4 N–H and O–H groups in total. The van der Waals surface area contributed by atoms with E-state index >= 15 is 0 Å². The summed E-state index contributed by atoms with van der Waals surface area (Å²) in [6, 6.07) is 3.89. The number of rotatable bonds is 4. The van der Waals surface area contributed by atoms with Crippen LogP contribution in [0.3, 0.4) is 0 Å². The molecule has 2 rings (SSSR count). The van der Waals surface area contributed by atoms with Crippen LogP contribution in [-0.2, 0) is 11.2 Å². The standard InChI is InChI=1S/C15H23N3O3/c1-2-17-5-7-18(8-6-17)15(21)12(16)9-11-3-4-13(19)14(20)10-11/h3-4,10,12,19-20H,2,5-9,16H2,1H3/t12-/m0/s1. The molecule has 0 aliphatic carbocycles. The third-order valence-corrected chi connectivity index (χ3v) is 3.94. The Hall–Kier alpha value is -1.79. The quantitative estimate of drug-likeness (QED) is 0.687. The van der Waals surface area contributed by atoms with Crippen LogP contribution in [0.1, 0.15) is 12.5 Å². The van der Waals surface area contributed by atoms with Crippen LogP contribution in [0.5, 0.6) is 11.5 Å². The summed E-state index contributed by atoms with van der Waals surface area (Å²) < 4.78 is 0. The van der Waals surface area contributed by atoms with Crippen molar-refractivity contribution < 1.29 is 15.0 Å². The lowest BCUT2D eigenvalue weighted by Crippen LogP contribution is -2.53. The van der Waals surface area contributed by atoms with E-state index in [1.54, 1.807) is 11.0 Å². The molecule has 1 aliphatic heterocycles. The Morgan fingerprint density at radius 3 is 2.48 bits per heavy atom. The van der Waals surface area contributed by atoms with E-state index in [-0.39, 0.29) is 17.4 Å². The van der Waals surface area contributed by atoms with E-state index in [4.69, 9.17) is 5.73 Å². The summed E-state index contributed by atoms with van der Waals surface area (Å²) in [5.41, 5.74) is 6.72. The molecule has 1 fully saturated rings. The first kappa shape index (κ1) is 15.6. The predicted molar refractivity (Wildman–Crippen MR) is 80.1 cm³/mol. The molecule has 0 saturated carbocycles. The van der Waals surface area contributed by atoms with Crippen molar-refractivity contribution in [3.8, 4) is 11.5 Å². The van der Waals surface area contributed by atoms with Crippen LogP contribution in [0, 0.1) is 0 Å². The van der Waals surface area contributed by atoms with Crippen molar-refractivity contribution in [2.45, 2.75) is 19.4 Å². The number of carbonyl (C=O) groups excluding carboxylic acids is 1. The third kappa shape index (κ3) is 3.86. The smallest absolute Gasteiger partial charge is 0.239 e. The molecule has 1 amide bonds. The van der Waals surface area contributed by atoms with Crippen LogP contribution in [0.15, 0.2) is 18.2 Å². The van der Waals surface area contributed by atoms with Gasteiger partial charge in [-0.2, -0.15) is 0 Å². The van der Waals surface area contributed by atoms with Crippen LogP contribution >= 0.6 is 0 Å². The summed E-state index contributed by atoms with van der Waals surface area (Å²) in [6.45, 7) is 6.30. The number of carbonyl (C=O) groups is 1. The molecule has 1 aromatic carbocycles. The average Bonchev–Trinajstić information content (AvgIpc) is 2.50. The number of hydrogen-bond donors (Lipinski definition) is 3. The number of nitrogens with zero attached hydrogens (tertiary/aromatic N) is 2. The van der Waals surface area contributed by atoms with E-state index in [1.165, 1.54) is 12.1 Å². The SMILES string of the molecule is CCN1CCN(C(=O)[C@@H](N)Cc2ccc(O)c(O)c2)CC1. The summed E-state index contributed by atoms with van der Waals surface area (Å²) in [5, 5.41) is 18.7. The van der Waals surface area contributed by atoms with Gasteiger partial charge in [0.1, 0.15) is 0 Å². The molecule has 0 bridgehead atoms. The normalized spacial score (nSPS) is 17.7. The molecule has 1 saturated heterocycles. The van der Waals surface area contributed by atoms with Crippen molar-refractivity contribution in [3.63, 3.8) is 0 Å². The Kier molecular flexibility index (Phi) is 5.03. The summed E-state index contributed by atoms with van der Waals surface area (Å²) in [4.78, 5) is 16.4. The molecular formula is C15H23N3O3. The van der Waals surface area contributed by atoms with E-state index in [0.29, 0.717) is 19.5 Å². The maximum absolute atomic E-state index is 12.3. The molecule has 0 unspecified atom stereocenters. The second-order valence-electron chi connectivity index (χ2n) is 5.39. The first-order valence-corrected chi connectivity index (χ1v) is 7.29. The minimum atomic E-state index is -0.623. The number of hydrogen-bond acceptors (Lipinski definition) is 5. The highest BCUT2D eigenvalue weighted by Crippen LogP contribution is 2.25. The van der Waals surface area contributed by atoms with E-state index in [0.717, 1.165) is 25.2 Å². The largest absolute Gasteiger partial charge is 0.504 e. The van der Waals surface area contributed by atoms with Crippen molar-refractivity contribution in [2.75, 3.05) is 32.7 Å². The zero-order valence-electron chi connectivity index (χ0n) is 12.3. The van der Waals surface area contributed by atoms with Crippen molar-refractivity contribution in [1.82, 2.24) is 9.80 Å². The Labute approximate surface area is 124 Å². The Bertz CT molecular complexity index is 499. The van der Waals surface area contributed by atoms with Gasteiger partial charge in [0.05, 0.1) is 6.04 Å². The number of aromatic hydroxyl groups is 2. The van der Waals surface area contributed by atoms with Crippen LogP contribution in [0.4, 0.5) is 0 Å². The molecule has 0 aromatic heterocycles. The van der Waals surface area contributed by atoms with Crippen LogP contribution < -0.4 is 5.73 Å². The van der Waals surface area contributed by atoms with Crippen molar-refractivity contribution in [1.29, 1.82) is 0 Å². The van der Waals surface area contributed by atoms with Gasteiger partial charge in [0.25, 0.3) is 0 Å². The number of nitrogens with two attached hydrogens (primary N) is 1. The lowest BCUT2D eigenvalue weighted by Gasteiger charge is -2.35. The molecule has 0 spiro atoms. The molecule has 1 atom stereocenters. The maximum atomic E-state index is 12.3. The van der Waals surface area contributed by atoms with E-state index in [2.05, 4.69) is 11.8 Å². The molecule has 0 radical (unpaired) electrons. The van der Waals surface area contributed by atoms with Crippen LogP contribution in [-0.4, -0.2) is 64.7 Å². The molecule has 1 aliphatic rings. The van der Waals surface area contributed by atoms with Gasteiger partial charge in [-0.1, -0.05) is 13.0 Å². The van der Waals surface area contributed by atoms with E-state index in [9.17, 15) is 15.0 Å². The molecule has 1 aromatic rings. The first-order chi connectivity index (χ1) is 10.0. The van der Waals surface area contributed by atoms with Crippen LogP contribution in [0.2, 0.25) is 0 Å². The van der Waals surface area contributed by atoms with Crippen LogP contribution in [0.25, 0.3) is 0 Å². The molecule has 6 nitrogen and oxygen atoms in total. The van der Waals surface area contributed by atoms with Crippen molar-refractivity contribution >= 4 is 5.91 Å². The van der Waals surface area contributed by atoms with Gasteiger partial charge in [-0.25, -0.2) is 0 Å². The summed E-state index contributed by atoms with van der Waals surface area (Å²) in [5.74, 6) is -0.420. The Morgan fingerprint density at radius 1 is 1.24 bits per heavy atom. The van der Waals surface area contributed by atoms with E-state index < -0.39 is 6.04 Å².